The third-order valence-corrected chi connectivity index (χ3v) is 3.76. The molecule has 0 aliphatic carbocycles. The number of nitrogens with zero attached hydrogens (tertiary/aromatic N) is 2. The lowest BCUT2D eigenvalue weighted by Crippen LogP contribution is -2.10. The Balaban J connectivity index is 2.21. The van der Waals surface area contributed by atoms with Crippen molar-refractivity contribution in [3.8, 4) is 0 Å². The van der Waals surface area contributed by atoms with Crippen molar-refractivity contribution >= 4 is 28.2 Å². The highest BCUT2D eigenvalue weighted by molar-refractivity contribution is 6.07. The second-order valence-electron chi connectivity index (χ2n) is 5.28. The second-order valence-corrected chi connectivity index (χ2v) is 5.28. The van der Waals surface area contributed by atoms with Gasteiger partial charge in [-0.1, -0.05) is 6.07 Å². The Morgan fingerprint density at radius 3 is 2.83 bits per heavy atom. The lowest BCUT2D eigenvalue weighted by molar-refractivity contribution is 0.0591. The summed E-state index contributed by atoms with van der Waals surface area (Å²) in [5, 5.41) is 3.73. The molecule has 0 atom stereocenters. The number of carbonyl (C=O) groups excluding carboxylic acids is 1. The third kappa shape index (κ3) is 2.52. The zero-order valence-electron chi connectivity index (χ0n) is 13.1. The fourth-order valence-electron chi connectivity index (χ4n) is 2.61. The van der Waals surface area contributed by atoms with Crippen LogP contribution in [0.4, 0.5) is 15.8 Å². The van der Waals surface area contributed by atoms with Crippen LogP contribution < -0.4 is 5.32 Å². The number of ether oxygens (including phenoxy) is 1. The molecule has 6 heteroatoms. The first-order valence-corrected chi connectivity index (χ1v) is 7.07. The number of halogens is 1. The van der Waals surface area contributed by atoms with Crippen LogP contribution in [0.3, 0.4) is 0 Å². The summed E-state index contributed by atoms with van der Waals surface area (Å²) in [6.07, 6.45) is 3.27. The minimum absolute atomic E-state index is 0.289. The number of rotatable bonds is 3. The Hall–Kier alpha value is -2.89. The molecule has 0 saturated heterocycles. The Morgan fingerprint density at radius 2 is 2.13 bits per heavy atom. The molecule has 0 aliphatic rings. The van der Waals surface area contributed by atoms with E-state index in [-0.39, 0.29) is 11.5 Å². The maximum Gasteiger partial charge on any atom is 0.356 e. The van der Waals surface area contributed by atoms with Crippen LogP contribution in [0.2, 0.25) is 0 Å². The summed E-state index contributed by atoms with van der Waals surface area (Å²) in [6, 6.07) is 6.66. The molecule has 3 rings (SSSR count). The maximum atomic E-state index is 14.2. The van der Waals surface area contributed by atoms with Gasteiger partial charge in [0.25, 0.3) is 0 Å². The molecule has 2 aromatic heterocycles. The van der Waals surface area contributed by atoms with Crippen LogP contribution in [0.1, 0.15) is 16.1 Å². The van der Waals surface area contributed by atoms with E-state index in [4.69, 9.17) is 4.74 Å². The predicted octanol–water partition coefficient (Wildman–Crippen LogP) is 3.55. The summed E-state index contributed by atoms with van der Waals surface area (Å²) in [5.74, 6) is -0.888. The molecule has 0 amide bonds. The van der Waals surface area contributed by atoms with E-state index in [9.17, 15) is 9.18 Å². The number of nitrogens with one attached hydrogen (secondary N) is 1. The molecule has 5 nitrogen and oxygen atoms in total. The smallest absolute Gasteiger partial charge is 0.356 e. The number of fused-ring (bicyclic) bond motifs is 1. The van der Waals surface area contributed by atoms with Crippen molar-refractivity contribution in [2.75, 3.05) is 12.4 Å². The number of hydrogen-bond acceptors (Lipinski definition) is 4. The Morgan fingerprint density at radius 1 is 1.35 bits per heavy atom. The molecule has 118 valence electrons. The van der Waals surface area contributed by atoms with Gasteiger partial charge in [-0.25, -0.2) is 9.18 Å². The molecule has 3 aromatic rings. The van der Waals surface area contributed by atoms with Gasteiger partial charge in [-0.2, -0.15) is 0 Å². The molecular weight excluding hydrogens is 297 g/mol. The van der Waals surface area contributed by atoms with Gasteiger partial charge in [-0.05, 0) is 30.7 Å². The summed E-state index contributed by atoms with van der Waals surface area (Å²) in [6.45, 7) is 1.81. The highest BCUT2D eigenvalue weighted by Crippen LogP contribution is 2.33. The Bertz CT molecular complexity index is 902. The number of esters is 1. The molecule has 0 radical (unpaired) electrons. The van der Waals surface area contributed by atoms with E-state index in [1.54, 1.807) is 42.2 Å². The van der Waals surface area contributed by atoms with Crippen molar-refractivity contribution in [1.82, 2.24) is 9.55 Å². The van der Waals surface area contributed by atoms with E-state index in [1.807, 2.05) is 6.92 Å². The Labute approximate surface area is 132 Å². The van der Waals surface area contributed by atoms with Crippen LogP contribution in [-0.2, 0) is 11.8 Å². The molecule has 0 aliphatic heterocycles. The highest BCUT2D eigenvalue weighted by Gasteiger charge is 2.22. The van der Waals surface area contributed by atoms with Crippen LogP contribution in [0, 0.1) is 12.7 Å². The first kappa shape index (κ1) is 15.0. The molecule has 1 aromatic carbocycles. The van der Waals surface area contributed by atoms with Gasteiger partial charge < -0.3 is 14.6 Å². The van der Waals surface area contributed by atoms with Crippen molar-refractivity contribution in [2.24, 2.45) is 7.05 Å². The van der Waals surface area contributed by atoms with Crippen molar-refractivity contribution in [3.05, 3.63) is 53.7 Å². The minimum atomic E-state index is -0.501. The van der Waals surface area contributed by atoms with Gasteiger partial charge in [-0.3, -0.25) is 4.98 Å². The van der Waals surface area contributed by atoms with Crippen molar-refractivity contribution in [2.45, 2.75) is 6.92 Å². The van der Waals surface area contributed by atoms with Crippen molar-refractivity contribution in [1.29, 1.82) is 0 Å². The second kappa shape index (κ2) is 5.72. The minimum Gasteiger partial charge on any atom is -0.464 e. The number of carbonyl (C=O) groups is 1. The highest BCUT2D eigenvalue weighted by atomic mass is 19.1. The van der Waals surface area contributed by atoms with Gasteiger partial charge >= 0.3 is 5.97 Å². The number of methoxy groups -OCH3 is 1. The SMILES string of the molecule is COC(=O)c1c(Nc2ccc(C)cc2F)c2cnccc2n1C. The summed E-state index contributed by atoms with van der Waals surface area (Å²) in [7, 11) is 3.07. The van der Waals surface area contributed by atoms with Crippen LogP contribution in [0.25, 0.3) is 10.9 Å². The molecule has 0 fully saturated rings. The molecular formula is C17H16FN3O2. The van der Waals surface area contributed by atoms with E-state index in [2.05, 4.69) is 10.3 Å². The molecule has 0 bridgehead atoms. The van der Waals surface area contributed by atoms with Crippen molar-refractivity contribution < 1.29 is 13.9 Å². The fraction of sp³-hybridized carbons (Fsp3) is 0.176. The topological polar surface area (TPSA) is 56.1 Å². The zero-order valence-corrected chi connectivity index (χ0v) is 13.1. The largest absolute Gasteiger partial charge is 0.464 e. The number of pyridine rings is 1. The molecule has 0 unspecified atom stereocenters. The third-order valence-electron chi connectivity index (χ3n) is 3.76. The van der Waals surface area contributed by atoms with Crippen molar-refractivity contribution in [3.63, 3.8) is 0 Å². The van der Waals surface area contributed by atoms with Gasteiger partial charge in [-0.15, -0.1) is 0 Å². The number of aromatic nitrogens is 2. The van der Waals surface area contributed by atoms with Gasteiger partial charge in [0.15, 0.2) is 5.69 Å². The summed E-state index contributed by atoms with van der Waals surface area (Å²) < 4.78 is 20.7. The Kier molecular flexibility index (Phi) is 3.73. The van der Waals surface area contributed by atoms with Crippen LogP contribution in [0.15, 0.2) is 36.7 Å². The number of anilines is 2. The van der Waals surface area contributed by atoms with Gasteiger partial charge in [0.05, 0.1) is 24.0 Å². The number of benzene rings is 1. The monoisotopic (exact) mass is 313 g/mol. The average molecular weight is 313 g/mol. The lowest BCUT2D eigenvalue weighted by Gasteiger charge is -2.10. The summed E-state index contributed by atoms with van der Waals surface area (Å²) in [5.41, 5.74) is 2.70. The summed E-state index contributed by atoms with van der Waals surface area (Å²) in [4.78, 5) is 16.2. The predicted molar refractivity (Wildman–Crippen MR) is 86.5 cm³/mol. The fourth-order valence-corrected chi connectivity index (χ4v) is 2.61. The van der Waals surface area contributed by atoms with E-state index in [0.717, 1.165) is 16.5 Å². The van der Waals surface area contributed by atoms with E-state index in [0.29, 0.717) is 11.4 Å². The van der Waals surface area contributed by atoms with E-state index < -0.39 is 5.97 Å². The quantitative estimate of drug-likeness (QED) is 0.751. The first-order chi connectivity index (χ1) is 11.0. The standard InChI is InChI=1S/C17H16FN3O2/c1-10-4-5-13(12(18)8-10)20-15-11-9-19-7-6-14(11)21(2)16(15)17(22)23-3/h4-9,20H,1-3H3. The lowest BCUT2D eigenvalue weighted by atomic mass is 10.2. The maximum absolute atomic E-state index is 14.2. The molecule has 1 N–H and O–H groups in total. The summed E-state index contributed by atoms with van der Waals surface area (Å²) >= 11 is 0. The molecule has 0 saturated carbocycles. The normalized spacial score (nSPS) is 10.8. The average Bonchev–Trinajstić information content (AvgIpc) is 2.82. The van der Waals surface area contributed by atoms with Crippen LogP contribution in [-0.4, -0.2) is 22.6 Å². The number of aryl methyl sites for hydroxylation is 2. The van der Waals surface area contributed by atoms with Crippen LogP contribution in [0.5, 0.6) is 0 Å². The molecule has 23 heavy (non-hydrogen) atoms. The van der Waals surface area contributed by atoms with Gasteiger partial charge in [0.2, 0.25) is 0 Å². The molecule has 2 heterocycles. The number of hydrogen-bond donors (Lipinski definition) is 1. The van der Waals surface area contributed by atoms with Crippen LogP contribution >= 0.6 is 0 Å². The van der Waals surface area contributed by atoms with Gasteiger partial charge in [0, 0.05) is 24.8 Å². The molecule has 0 spiro atoms. The van der Waals surface area contributed by atoms with E-state index >= 15 is 0 Å². The van der Waals surface area contributed by atoms with E-state index in [1.165, 1.54) is 13.2 Å². The first-order valence-electron chi connectivity index (χ1n) is 7.07. The zero-order chi connectivity index (χ0) is 16.6. The van der Waals surface area contributed by atoms with Gasteiger partial charge in [0.1, 0.15) is 5.82 Å².